The van der Waals surface area contributed by atoms with Crippen molar-refractivity contribution in [3.63, 3.8) is 0 Å². The largest absolute Gasteiger partial charge is 0.481 e. The number of anilines is 1. The Morgan fingerprint density at radius 2 is 1.30 bits per heavy atom. The molecule has 30 heteroatoms. The SMILES string of the molecule is CC(=O)c1nn(CC(=O)N2C[C@@H](CNC(=O)COCCOCCNC(=O)COCCOCCNC(=O)CC[C@H](NC(=O)CCCCCCCCCCCCCCCCC(=O)O)C(=O)O)C[C@H]2C(=O)NCc2cccc(Cl)c2F)c2c(C)cc(NC(=O)N3CCCC(F)(F)C3)cc12. The van der Waals surface area contributed by atoms with Crippen LogP contribution in [0.3, 0.4) is 0 Å². The van der Waals surface area contributed by atoms with E-state index in [4.69, 9.17) is 35.7 Å². The van der Waals surface area contributed by atoms with Crippen molar-refractivity contribution in [1.82, 2.24) is 46.2 Å². The van der Waals surface area contributed by atoms with Gasteiger partial charge in [0.15, 0.2) is 5.78 Å². The van der Waals surface area contributed by atoms with Gasteiger partial charge in [0.05, 0.1) is 56.7 Å². The van der Waals surface area contributed by atoms with Gasteiger partial charge in [-0.2, -0.15) is 5.10 Å². The lowest BCUT2D eigenvalue weighted by molar-refractivity contribution is -0.142. The lowest BCUT2D eigenvalue weighted by atomic mass is 10.0. The monoisotopic (exact) mass is 1380 g/mol. The van der Waals surface area contributed by atoms with Gasteiger partial charge in [-0.3, -0.25) is 43.0 Å². The molecule has 2 aliphatic heterocycles. The molecule has 3 aromatic rings. The number of nitrogens with zero attached hydrogens (tertiary/aromatic N) is 4. The lowest BCUT2D eigenvalue weighted by Gasteiger charge is -2.32. The van der Waals surface area contributed by atoms with Crippen molar-refractivity contribution in [2.24, 2.45) is 5.92 Å². The number of benzene rings is 2. The van der Waals surface area contributed by atoms with E-state index in [1.807, 2.05) is 0 Å². The number of aryl methyl sites for hydroxylation is 1. The second-order valence-corrected chi connectivity index (χ2v) is 24.7. The average molecular weight is 1380 g/mol. The molecule has 0 aliphatic carbocycles. The van der Waals surface area contributed by atoms with E-state index < -0.39 is 96.1 Å². The zero-order chi connectivity index (χ0) is 69.8. The molecular weight excluding hydrogens is 1280 g/mol. The van der Waals surface area contributed by atoms with Gasteiger partial charge in [0.25, 0.3) is 5.92 Å². The molecule has 2 aromatic carbocycles. The summed E-state index contributed by atoms with van der Waals surface area (Å²) in [5.41, 5.74) is 1.19. The third-order valence-corrected chi connectivity index (χ3v) is 16.6. The molecule has 1 aromatic heterocycles. The third-order valence-electron chi connectivity index (χ3n) is 16.4. The van der Waals surface area contributed by atoms with Gasteiger partial charge in [-0.05, 0) is 68.7 Å². The number of carbonyl (C=O) groups excluding carboxylic acids is 8. The molecule has 0 spiro atoms. The van der Waals surface area contributed by atoms with Crippen LogP contribution in [0.15, 0.2) is 30.3 Å². The number of rotatable bonds is 47. The van der Waals surface area contributed by atoms with Gasteiger partial charge >= 0.3 is 18.0 Å². The predicted molar refractivity (Wildman–Crippen MR) is 349 cm³/mol. The molecule has 0 radical (unpaired) electrons. The number of likely N-dealkylation sites (tertiary alicyclic amines) is 2. The van der Waals surface area contributed by atoms with Crippen molar-refractivity contribution in [2.75, 3.05) is 97.4 Å². The van der Waals surface area contributed by atoms with Crippen LogP contribution >= 0.6 is 11.6 Å². The van der Waals surface area contributed by atoms with Crippen LogP contribution in [0.5, 0.6) is 0 Å². The fourth-order valence-electron chi connectivity index (χ4n) is 11.3. The highest BCUT2D eigenvalue weighted by atomic mass is 35.5. The van der Waals surface area contributed by atoms with E-state index in [1.165, 1.54) is 72.9 Å². The first-order valence-corrected chi connectivity index (χ1v) is 33.7. The molecule has 96 heavy (non-hydrogen) atoms. The molecule has 26 nitrogen and oxygen atoms in total. The Morgan fingerprint density at radius 1 is 0.719 bits per heavy atom. The Hall–Kier alpha value is -7.47. The normalized spacial score (nSPS) is 15.4. The van der Waals surface area contributed by atoms with Gasteiger partial charge in [-0.15, -0.1) is 0 Å². The smallest absolute Gasteiger partial charge is 0.326 e. The maximum Gasteiger partial charge on any atom is 0.326 e. The number of unbranched alkanes of at least 4 members (excludes halogenated alkanes) is 13. The van der Waals surface area contributed by atoms with Crippen LogP contribution in [0.4, 0.5) is 23.7 Å². The molecule has 3 atom stereocenters. The quantitative estimate of drug-likeness (QED) is 0.0204. The zero-order valence-corrected chi connectivity index (χ0v) is 55.9. The molecule has 5 rings (SSSR count). The van der Waals surface area contributed by atoms with Gasteiger partial charge in [0.1, 0.15) is 43.4 Å². The van der Waals surface area contributed by atoms with Crippen molar-refractivity contribution >= 4 is 87.4 Å². The molecule has 534 valence electrons. The van der Waals surface area contributed by atoms with E-state index in [-0.39, 0.29) is 165 Å². The number of ether oxygens (including phenoxy) is 4. The summed E-state index contributed by atoms with van der Waals surface area (Å²) in [5, 5.41) is 38.8. The zero-order valence-electron chi connectivity index (χ0n) is 55.2. The third kappa shape index (κ3) is 29.5. The Morgan fingerprint density at radius 3 is 1.90 bits per heavy atom. The highest BCUT2D eigenvalue weighted by molar-refractivity contribution is 6.30. The molecule has 0 saturated carbocycles. The second-order valence-electron chi connectivity index (χ2n) is 24.3. The van der Waals surface area contributed by atoms with Crippen LogP contribution in [0.2, 0.25) is 5.02 Å². The minimum Gasteiger partial charge on any atom is -0.481 e. The molecule has 2 saturated heterocycles. The predicted octanol–water partition coefficient (Wildman–Crippen LogP) is 7.23. The van der Waals surface area contributed by atoms with Gasteiger partial charge in [0.2, 0.25) is 35.4 Å². The number of Topliss-reactive ketones (excluding diaryl/α,β-unsaturated/α-hetero) is 1. The molecular formula is C66H96ClF3N10O16. The number of piperidine rings is 1. The highest BCUT2D eigenvalue weighted by Crippen LogP contribution is 2.31. The number of amides is 8. The van der Waals surface area contributed by atoms with Gasteiger partial charge in [-0.1, -0.05) is 101 Å². The molecule has 8 amide bonds. The molecule has 0 unspecified atom stereocenters. The first-order valence-electron chi connectivity index (χ1n) is 33.3. The minimum atomic E-state index is -3.02. The highest BCUT2D eigenvalue weighted by Gasteiger charge is 2.41. The first kappa shape index (κ1) is 79.2. The van der Waals surface area contributed by atoms with Crippen molar-refractivity contribution in [1.29, 1.82) is 0 Å². The standard InChI is InChI=1S/C66H96ClF3N10O16/c1-45-35-49(75-65(92)78-28-18-25-66(69,70)44-78)37-50-61(46(2)81)77-80(62(45)50)41-58(86)79-40-47(36-53(79)63(89)74-39-48-19-17-20-51(67)60(48)68)38-73-57(85)43-96-34-32-94-30-27-72-56(84)42-95-33-31-93-29-26-71-54(82)24-23-52(64(90)91)76-55(83)21-15-13-11-9-7-5-3-4-6-8-10-12-14-16-22-59(87)88/h17,19-20,35,37,47,52-53H,3-16,18,21-34,36,38-44H2,1-2H3,(H,71,82)(H,72,84)(H,73,85)(H,74,89)(H,75,92)(H,76,83)(H,87,88)(H,90,91)/t47-,52+,53+/m1/s1. The van der Waals surface area contributed by atoms with Crippen molar-refractivity contribution in [2.45, 2.75) is 180 Å². The maximum absolute atomic E-state index is 14.8. The van der Waals surface area contributed by atoms with E-state index in [0.29, 0.717) is 22.9 Å². The van der Waals surface area contributed by atoms with Crippen LogP contribution in [0.1, 0.15) is 163 Å². The summed E-state index contributed by atoms with van der Waals surface area (Å²) in [6.45, 7) is 2.12. The number of aromatic nitrogens is 2. The fraction of sp³-hybridized carbons (Fsp3) is 0.652. The second kappa shape index (κ2) is 42.9. The van der Waals surface area contributed by atoms with Crippen LogP contribution in [-0.4, -0.2) is 199 Å². The number of alkyl halides is 2. The number of aliphatic carboxylic acids is 2. The average Bonchev–Trinajstić information content (AvgIpc) is 1.61. The maximum atomic E-state index is 14.8. The van der Waals surface area contributed by atoms with Crippen LogP contribution < -0.4 is 31.9 Å². The van der Waals surface area contributed by atoms with Crippen LogP contribution in [0.25, 0.3) is 10.9 Å². The summed E-state index contributed by atoms with van der Waals surface area (Å²) in [4.78, 5) is 129. The fourth-order valence-corrected chi connectivity index (χ4v) is 11.5. The molecule has 8 N–H and O–H groups in total. The molecule has 0 bridgehead atoms. The van der Waals surface area contributed by atoms with E-state index in [1.54, 1.807) is 13.0 Å². The summed E-state index contributed by atoms with van der Waals surface area (Å²) in [7, 11) is 0. The number of carboxylic acids is 2. The lowest BCUT2D eigenvalue weighted by Crippen LogP contribution is -2.47. The molecule has 2 aliphatic rings. The number of hydrogen-bond acceptors (Lipinski definition) is 15. The number of carboxylic acid groups (broad SMARTS) is 2. The Labute approximate surface area is 562 Å². The number of urea groups is 1. The number of fused-ring (bicyclic) bond motifs is 1. The summed E-state index contributed by atoms with van der Waals surface area (Å²) in [5.74, 6) is -9.37. The number of carbonyl (C=O) groups is 10. The minimum absolute atomic E-state index is 0.0159. The van der Waals surface area contributed by atoms with E-state index in [9.17, 15) is 66.2 Å². The van der Waals surface area contributed by atoms with Crippen molar-refractivity contribution in [3.05, 3.63) is 58.0 Å². The van der Waals surface area contributed by atoms with Crippen LogP contribution in [0, 0.1) is 18.7 Å². The molecule has 3 heterocycles. The van der Waals surface area contributed by atoms with E-state index in [0.717, 1.165) is 56.3 Å². The van der Waals surface area contributed by atoms with E-state index in [2.05, 4.69) is 37.0 Å². The van der Waals surface area contributed by atoms with Crippen molar-refractivity contribution in [3.8, 4) is 0 Å². The Kier molecular flexibility index (Phi) is 35.4. The van der Waals surface area contributed by atoms with Gasteiger partial charge < -0.3 is 70.9 Å². The van der Waals surface area contributed by atoms with Gasteiger partial charge in [0, 0.05) is 88.5 Å². The number of hydrogen-bond donors (Lipinski definition) is 8. The summed E-state index contributed by atoms with van der Waals surface area (Å²) >= 11 is 5.97. The van der Waals surface area contributed by atoms with Crippen molar-refractivity contribution < 1.29 is 90.3 Å². The van der Waals surface area contributed by atoms with Crippen LogP contribution in [-0.2, 0) is 70.4 Å². The number of halogens is 4. The van der Waals surface area contributed by atoms with E-state index >= 15 is 0 Å². The number of ketones is 1. The summed E-state index contributed by atoms with van der Waals surface area (Å²) in [6, 6.07) is 4.41. The Bertz CT molecular complexity index is 3050. The topological polar surface area (TPSA) is 345 Å². The summed E-state index contributed by atoms with van der Waals surface area (Å²) < 4.78 is 66.1. The first-order chi connectivity index (χ1) is 46.0. The molecule has 2 fully saturated rings. The summed E-state index contributed by atoms with van der Waals surface area (Å²) in [6.07, 6.45) is 14.9. The van der Waals surface area contributed by atoms with Gasteiger partial charge in [-0.25, -0.2) is 22.8 Å². The Balaban J connectivity index is 0.899. The number of nitrogens with one attached hydrogen (secondary N) is 6.